The van der Waals surface area contributed by atoms with E-state index in [0.717, 1.165) is 24.4 Å². The van der Waals surface area contributed by atoms with Gasteiger partial charge < -0.3 is 9.84 Å². The molecule has 2 rings (SSSR count). The highest BCUT2D eigenvalue weighted by molar-refractivity contribution is 5.50. The minimum absolute atomic E-state index is 0.541. The summed E-state index contributed by atoms with van der Waals surface area (Å²) in [6, 6.07) is 8.28. The van der Waals surface area contributed by atoms with Gasteiger partial charge in [-0.25, -0.2) is 0 Å². The van der Waals surface area contributed by atoms with Gasteiger partial charge in [0.25, 0.3) is 0 Å². The number of benzene rings is 1. The summed E-state index contributed by atoms with van der Waals surface area (Å²) in [4.78, 5) is 4.38. The van der Waals surface area contributed by atoms with Crippen LogP contribution in [0.15, 0.2) is 28.8 Å². The first-order chi connectivity index (χ1) is 9.19. The second kappa shape index (κ2) is 6.36. The molecule has 2 aromatic rings. The molecule has 1 N–H and O–H groups in total. The maximum Gasteiger partial charge on any atom is 0.245 e. The highest BCUT2D eigenvalue weighted by Gasteiger charge is 2.08. The Balaban J connectivity index is 1.96. The fourth-order valence-electron chi connectivity index (χ4n) is 1.98. The van der Waals surface area contributed by atoms with E-state index in [1.807, 2.05) is 6.07 Å². The summed E-state index contributed by atoms with van der Waals surface area (Å²) in [7, 11) is 0. The van der Waals surface area contributed by atoms with Gasteiger partial charge in [0, 0.05) is 12.1 Å². The van der Waals surface area contributed by atoms with Gasteiger partial charge in [0.1, 0.15) is 0 Å². The third-order valence-corrected chi connectivity index (χ3v) is 2.93. The minimum Gasteiger partial charge on any atom is -0.376 e. The summed E-state index contributed by atoms with van der Waals surface area (Å²) < 4.78 is 5.24. The van der Waals surface area contributed by atoms with Crippen molar-refractivity contribution < 1.29 is 4.52 Å². The van der Waals surface area contributed by atoms with Crippen molar-refractivity contribution in [3.05, 3.63) is 41.5 Å². The van der Waals surface area contributed by atoms with E-state index in [1.165, 1.54) is 5.56 Å². The number of rotatable bonds is 6. The van der Waals surface area contributed by atoms with Crippen molar-refractivity contribution in [1.82, 2.24) is 10.1 Å². The monoisotopic (exact) mass is 259 g/mol. The van der Waals surface area contributed by atoms with Crippen LogP contribution < -0.4 is 5.32 Å². The van der Waals surface area contributed by atoms with Crippen LogP contribution in [0.3, 0.4) is 0 Å². The molecule has 0 bridgehead atoms. The average Bonchev–Trinajstić information content (AvgIpc) is 2.83. The molecule has 0 saturated heterocycles. The fourth-order valence-corrected chi connectivity index (χ4v) is 1.98. The van der Waals surface area contributed by atoms with Gasteiger partial charge in [0.2, 0.25) is 5.89 Å². The zero-order valence-corrected chi connectivity index (χ0v) is 11.8. The lowest BCUT2D eigenvalue weighted by Gasteiger charge is -2.08. The predicted molar refractivity (Wildman–Crippen MR) is 76.0 cm³/mol. The van der Waals surface area contributed by atoms with Crippen LogP contribution in [-0.2, 0) is 19.4 Å². The van der Waals surface area contributed by atoms with E-state index in [2.05, 4.69) is 54.4 Å². The SMILES string of the molecule is CCc1ccccc1NCc1nc(CC(C)C)no1. The first-order valence-corrected chi connectivity index (χ1v) is 6.82. The van der Waals surface area contributed by atoms with Crippen LogP contribution in [-0.4, -0.2) is 10.1 Å². The Bertz CT molecular complexity index is 520. The van der Waals surface area contributed by atoms with Gasteiger partial charge in [-0.3, -0.25) is 0 Å². The zero-order valence-electron chi connectivity index (χ0n) is 11.8. The lowest BCUT2D eigenvalue weighted by Crippen LogP contribution is -2.03. The number of anilines is 1. The van der Waals surface area contributed by atoms with Gasteiger partial charge in [-0.15, -0.1) is 0 Å². The van der Waals surface area contributed by atoms with Crippen molar-refractivity contribution in [2.75, 3.05) is 5.32 Å². The van der Waals surface area contributed by atoms with Crippen molar-refractivity contribution in [3.63, 3.8) is 0 Å². The molecule has 0 spiro atoms. The summed E-state index contributed by atoms with van der Waals surface area (Å²) >= 11 is 0. The molecule has 4 nitrogen and oxygen atoms in total. The fraction of sp³-hybridized carbons (Fsp3) is 0.467. The Morgan fingerprint density at radius 3 is 2.79 bits per heavy atom. The Morgan fingerprint density at radius 2 is 2.05 bits per heavy atom. The summed E-state index contributed by atoms with van der Waals surface area (Å²) in [6.07, 6.45) is 1.86. The van der Waals surface area contributed by atoms with Crippen molar-refractivity contribution >= 4 is 5.69 Å². The maximum atomic E-state index is 5.24. The van der Waals surface area contributed by atoms with Crippen LogP contribution in [0.4, 0.5) is 5.69 Å². The number of nitrogens with one attached hydrogen (secondary N) is 1. The lowest BCUT2D eigenvalue weighted by molar-refractivity contribution is 0.375. The highest BCUT2D eigenvalue weighted by atomic mass is 16.5. The van der Waals surface area contributed by atoms with Crippen LogP contribution in [0.2, 0.25) is 0 Å². The van der Waals surface area contributed by atoms with Crippen LogP contribution in [0.25, 0.3) is 0 Å². The molecule has 1 heterocycles. The highest BCUT2D eigenvalue weighted by Crippen LogP contribution is 2.16. The molecule has 0 amide bonds. The maximum absolute atomic E-state index is 5.24. The zero-order chi connectivity index (χ0) is 13.7. The summed E-state index contributed by atoms with van der Waals surface area (Å²) in [5.41, 5.74) is 2.43. The minimum atomic E-state index is 0.541. The van der Waals surface area contributed by atoms with Crippen LogP contribution in [0.1, 0.15) is 38.0 Å². The molecule has 0 aliphatic heterocycles. The molecule has 0 saturated carbocycles. The smallest absolute Gasteiger partial charge is 0.245 e. The second-order valence-electron chi connectivity index (χ2n) is 5.07. The standard InChI is InChI=1S/C15H21N3O/c1-4-12-7-5-6-8-13(12)16-10-15-17-14(18-19-15)9-11(2)3/h5-8,11,16H,4,9-10H2,1-3H3. The molecule has 0 aliphatic rings. The van der Waals surface area contributed by atoms with E-state index in [9.17, 15) is 0 Å². The van der Waals surface area contributed by atoms with Gasteiger partial charge in [-0.05, 0) is 24.0 Å². The molecule has 0 fully saturated rings. The van der Waals surface area contributed by atoms with Gasteiger partial charge in [-0.2, -0.15) is 4.98 Å². The number of nitrogens with zero attached hydrogens (tertiary/aromatic N) is 2. The summed E-state index contributed by atoms with van der Waals surface area (Å²) in [5.74, 6) is 1.97. The molecule has 1 aromatic heterocycles. The van der Waals surface area contributed by atoms with E-state index in [4.69, 9.17) is 4.52 Å². The van der Waals surface area contributed by atoms with Crippen LogP contribution in [0.5, 0.6) is 0 Å². The topological polar surface area (TPSA) is 51.0 Å². The third-order valence-electron chi connectivity index (χ3n) is 2.93. The van der Waals surface area contributed by atoms with Crippen molar-refractivity contribution in [2.24, 2.45) is 5.92 Å². The Morgan fingerprint density at radius 1 is 1.26 bits per heavy atom. The number of para-hydroxylation sites is 1. The van der Waals surface area contributed by atoms with E-state index >= 15 is 0 Å². The van der Waals surface area contributed by atoms with Gasteiger partial charge in [0.15, 0.2) is 5.82 Å². The van der Waals surface area contributed by atoms with E-state index in [1.54, 1.807) is 0 Å². The molecule has 1 aromatic carbocycles. The number of aromatic nitrogens is 2. The normalized spacial score (nSPS) is 10.9. The average molecular weight is 259 g/mol. The second-order valence-corrected chi connectivity index (χ2v) is 5.07. The number of aryl methyl sites for hydroxylation is 1. The molecule has 4 heteroatoms. The van der Waals surface area contributed by atoms with Gasteiger partial charge in [0.05, 0.1) is 6.54 Å². The Hall–Kier alpha value is -1.84. The first kappa shape index (κ1) is 13.6. The summed E-state index contributed by atoms with van der Waals surface area (Å²) in [6.45, 7) is 7.01. The van der Waals surface area contributed by atoms with Crippen molar-refractivity contribution in [2.45, 2.75) is 40.2 Å². The molecule has 0 aliphatic carbocycles. The molecule has 19 heavy (non-hydrogen) atoms. The Labute approximate surface area is 114 Å². The van der Waals surface area contributed by atoms with E-state index in [0.29, 0.717) is 18.4 Å². The van der Waals surface area contributed by atoms with Crippen molar-refractivity contribution in [1.29, 1.82) is 0 Å². The Kier molecular flexibility index (Phi) is 4.55. The molecule has 102 valence electrons. The number of hydrogen-bond acceptors (Lipinski definition) is 4. The van der Waals surface area contributed by atoms with Gasteiger partial charge >= 0.3 is 0 Å². The lowest BCUT2D eigenvalue weighted by atomic mass is 10.1. The van der Waals surface area contributed by atoms with E-state index in [-0.39, 0.29) is 0 Å². The quantitative estimate of drug-likeness (QED) is 0.863. The van der Waals surface area contributed by atoms with Crippen LogP contribution in [0, 0.1) is 5.92 Å². The van der Waals surface area contributed by atoms with Gasteiger partial charge in [-0.1, -0.05) is 44.1 Å². The summed E-state index contributed by atoms with van der Waals surface area (Å²) in [5, 5.41) is 7.34. The molecular weight excluding hydrogens is 238 g/mol. The molecule has 0 atom stereocenters. The first-order valence-electron chi connectivity index (χ1n) is 6.82. The predicted octanol–water partition coefficient (Wildman–Crippen LogP) is 3.44. The van der Waals surface area contributed by atoms with Crippen molar-refractivity contribution in [3.8, 4) is 0 Å². The molecule has 0 radical (unpaired) electrons. The van der Waals surface area contributed by atoms with E-state index < -0.39 is 0 Å². The largest absolute Gasteiger partial charge is 0.376 e. The molecule has 0 unspecified atom stereocenters. The molecular formula is C15H21N3O. The third kappa shape index (κ3) is 3.81. The number of hydrogen-bond donors (Lipinski definition) is 1. The van der Waals surface area contributed by atoms with Crippen LogP contribution >= 0.6 is 0 Å².